The monoisotopic (exact) mass is 189 g/mol. The zero-order valence-corrected chi connectivity index (χ0v) is 7.12. The van der Waals surface area contributed by atoms with Crippen LogP contribution in [0.2, 0.25) is 0 Å². The number of H-pyrrole nitrogens is 1. The molecular formula is C8H7N5O. The number of benzene rings is 1. The molecule has 0 fully saturated rings. The van der Waals surface area contributed by atoms with E-state index >= 15 is 0 Å². The molecule has 0 saturated carbocycles. The average Bonchev–Trinajstić information content (AvgIpc) is 2.69. The maximum absolute atomic E-state index is 9.34. The Morgan fingerprint density at radius 2 is 2.07 bits per heavy atom. The van der Waals surface area contributed by atoms with Crippen molar-refractivity contribution < 1.29 is 5.11 Å². The number of aromatic amines is 1. The van der Waals surface area contributed by atoms with Crippen LogP contribution in [0.1, 0.15) is 0 Å². The summed E-state index contributed by atoms with van der Waals surface area (Å²) < 4.78 is 0. The summed E-state index contributed by atoms with van der Waals surface area (Å²) in [5, 5.41) is 23.0. The molecule has 1 aromatic carbocycles. The van der Waals surface area contributed by atoms with Gasteiger partial charge in [-0.05, 0) is 12.1 Å². The fourth-order valence-electron chi connectivity index (χ4n) is 0.897. The minimum absolute atomic E-state index is 0.0794. The minimum Gasteiger partial charge on any atom is -0.506 e. The van der Waals surface area contributed by atoms with Gasteiger partial charge in [0.2, 0.25) is 0 Å². The summed E-state index contributed by atoms with van der Waals surface area (Å²) in [6.45, 7) is 0. The Labute approximate surface area is 79.3 Å². The second kappa shape index (κ2) is 3.65. The first kappa shape index (κ1) is 8.36. The SMILES string of the molecule is Oc1ccccc1N=Nc1ncn[nH]1. The predicted octanol–water partition coefficient (Wildman–Crippen LogP) is 1.93. The Kier molecular flexibility index (Phi) is 2.18. The third kappa shape index (κ3) is 1.74. The highest BCUT2D eigenvalue weighted by Crippen LogP contribution is 2.25. The summed E-state index contributed by atoms with van der Waals surface area (Å²) in [4.78, 5) is 3.75. The molecule has 1 aromatic heterocycles. The van der Waals surface area contributed by atoms with Gasteiger partial charge in [-0.2, -0.15) is 10.1 Å². The van der Waals surface area contributed by atoms with Crippen LogP contribution in [0.15, 0.2) is 40.8 Å². The molecular weight excluding hydrogens is 182 g/mol. The van der Waals surface area contributed by atoms with E-state index in [9.17, 15) is 5.11 Å². The van der Waals surface area contributed by atoms with Crippen LogP contribution in [0, 0.1) is 0 Å². The summed E-state index contributed by atoms with van der Waals surface area (Å²) in [5.74, 6) is 0.379. The topological polar surface area (TPSA) is 86.5 Å². The van der Waals surface area contributed by atoms with Gasteiger partial charge in [0, 0.05) is 0 Å². The fraction of sp³-hybridized carbons (Fsp3) is 0. The van der Waals surface area contributed by atoms with E-state index in [0.717, 1.165) is 0 Å². The first-order valence-corrected chi connectivity index (χ1v) is 3.91. The lowest BCUT2D eigenvalue weighted by Crippen LogP contribution is -1.68. The lowest BCUT2D eigenvalue weighted by molar-refractivity contribution is 0.476. The number of aromatic nitrogens is 3. The maximum Gasteiger partial charge on any atom is 0.264 e. The molecule has 2 rings (SSSR count). The highest BCUT2D eigenvalue weighted by atomic mass is 16.3. The Morgan fingerprint density at radius 1 is 1.21 bits per heavy atom. The summed E-state index contributed by atoms with van der Waals surface area (Å²) in [7, 11) is 0. The molecule has 6 nitrogen and oxygen atoms in total. The number of phenolic OH excluding ortho intramolecular Hbond substituents is 1. The van der Waals surface area contributed by atoms with Crippen LogP contribution in [0.4, 0.5) is 11.6 Å². The third-order valence-corrected chi connectivity index (χ3v) is 1.54. The standard InChI is InChI=1S/C8H7N5O/c14-7-4-2-1-3-6(7)11-13-8-9-5-10-12-8/h1-5,14H,(H,9,10,12). The van der Waals surface area contributed by atoms with Crippen molar-refractivity contribution in [2.75, 3.05) is 0 Å². The Hall–Kier alpha value is -2.24. The molecule has 0 spiro atoms. The molecule has 0 aliphatic carbocycles. The second-order valence-electron chi connectivity index (χ2n) is 2.50. The van der Waals surface area contributed by atoms with Gasteiger partial charge < -0.3 is 5.11 Å². The summed E-state index contributed by atoms with van der Waals surface area (Å²) >= 11 is 0. The number of phenols is 1. The molecule has 0 bridgehead atoms. The van der Waals surface area contributed by atoms with Gasteiger partial charge in [0.15, 0.2) is 0 Å². The van der Waals surface area contributed by atoms with Crippen LogP contribution in [0.5, 0.6) is 5.75 Å². The van der Waals surface area contributed by atoms with Crippen molar-refractivity contribution in [1.29, 1.82) is 0 Å². The molecule has 6 heteroatoms. The van der Waals surface area contributed by atoms with Crippen LogP contribution in [0.25, 0.3) is 0 Å². The van der Waals surface area contributed by atoms with Crippen molar-refractivity contribution >= 4 is 11.6 Å². The van der Waals surface area contributed by atoms with Gasteiger partial charge in [-0.25, -0.2) is 5.10 Å². The van der Waals surface area contributed by atoms with Gasteiger partial charge in [0.1, 0.15) is 17.8 Å². The third-order valence-electron chi connectivity index (χ3n) is 1.54. The number of hydrogen-bond donors (Lipinski definition) is 2. The highest BCUT2D eigenvalue weighted by Gasteiger charge is 1.96. The van der Waals surface area contributed by atoms with Crippen molar-refractivity contribution in [3.63, 3.8) is 0 Å². The lowest BCUT2D eigenvalue weighted by Gasteiger charge is -1.93. The van der Waals surface area contributed by atoms with E-state index in [2.05, 4.69) is 25.4 Å². The first-order valence-electron chi connectivity index (χ1n) is 3.91. The summed E-state index contributed by atoms with van der Waals surface area (Å²) in [6, 6.07) is 6.65. The van der Waals surface area contributed by atoms with E-state index in [-0.39, 0.29) is 5.75 Å². The second-order valence-corrected chi connectivity index (χ2v) is 2.50. The fourth-order valence-corrected chi connectivity index (χ4v) is 0.897. The molecule has 1 heterocycles. The highest BCUT2D eigenvalue weighted by molar-refractivity contribution is 5.49. The number of hydrogen-bond acceptors (Lipinski definition) is 5. The van der Waals surface area contributed by atoms with E-state index in [1.807, 2.05) is 0 Å². The van der Waals surface area contributed by atoms with Gasteiger partial charge in [-0.1, -0.05) is 12.1 Å². The number of nitrogens with zero attached hydrogens (tertiary/aromatic N) is 4. The van der Waals surface area contributed by atoms with E-state index < -0.39 is 0 Å². The van der Waals surface area contributed by atoms with Crippen LogP contribution in [0.3, 0.4) is 0 Å². The maximum atomic E-state index is 9.34. The molecule has 0 saturated heterocycles. The molecule has 0 aliphatic rings. The van der Waals surface area contributed by atoms with Crippen molar-refractivity contribution in [3.8, 4) is 5.75 Å². The quantitative estimate of drug-likeness (QED) is 0.707. The van der Waals surface area contributed by atoms with Crippen molar-refractivity contribution in [3.05, 3.63) is 30.6 Å². The predicted molar refractivity (Wildman–Crippen MR) is 48.7 cm³/mol. The minimum atomic E-state index is 0.0794. The molecule has 14 heavy (non-hydrogen) atoms. The van der Waals surface area contributed by atoms with E-state index in [4.69, 9.17) is 0 Å². The normalized spacial score (nSPS) is 10.9. The summed E-state index contributed by atoms with van der Waals surface area (Å²) in [6.07, 6.45) is 1.33. The van der Waals surface area contributed by atoms with Crippen molar-refractivity contribution in [1.82, 2.24) is 15.2 Å². The zero-order chi connectivity index (χ0) is 9.80. The molecule has 0 atom stereocenters. The Bertz CT molecular complexity index is 437. The van der Waals surface area contributed by atoms with Gasteiger partial charge >= 0.3 is 0 Å². The van der Waals surface area contributed by atoms with E-state index in [1.54, 1.807) is 18.2 Å². The molecule has 0 aliphatic heterocycles. The van der Waals surface area contributed by atoms with Gasteiger partial charge in [0.25, 0.3) is 5.95 Å². The zero-order valence-electron chi connectivity index (χ0n) is 7.12. The van der Waals surface area contributed by atoms with Crippen LogP contribution >= 0.6 is 0 Å². The Morgan fingerprint density at radius 3 is 2.79 bits per heavy atom. The van der Waals surface area contributed by atoms with Gasteiger partial charge in [-0.3, -0.25) is 0 Å². The average molecular weight is 189 g/mol. The van der Waals surface area contributed by atoms with Crippen LogP contribution < -0.4 is 0 Å². The summed E-state index contributed by atoms with van der Waals surface area (Å²) in [5.41, 5.74) is 0.393. The van der Waals surface area contributed by atoms with Crippen LogP contribution in [-0.2, 0) is 0 Å². The van der Waals surface area contributed by atoms with E-state index in [1.165, 1.54) is 12.4 Å². The molecule has 2 aromatic rings. The molecule has 70 valence electrons. The van der Waals surface area contributed by atoms with Crippen molar-refractivity contribution in [2.45, 2.75) is 0 Å². The van der Waals surface area contributed by atoms with Crippen LogP contribution in [-0.4, -0.2) is 20.3 Å². The molecule has 0 radical (unpaired) electrons. The van der Waals surface area contributed by atoms with Gasteiger partial charge in [-0.15, -0.1) is 10.2 Å². The van der Waals surface area contributed by atoms with Crippen molar-refractivity contribution in [2.24, 2.45) is 10.2 Å². The molecule has 2 N–H and O–H groups in total. The number of nitrogens with one attached hydrogen (secondary N) is 1. The largest absolute Gasteiger partial charge is 0.506 e. The molecule has 0 unspecified atom stereocenters. The lowest BCUT2D eigenvalue weighted by atomic mass is 10.3. The smallest absolute Gasteiger partial charge is 0.264 e. The number of aromatic hydroxyl groups is 1. The number of para-hydroxylation sites is 1. The Balaban J connectivity index is 2.23. The first-order chi connectivity index (χ1) is 6.86. The molecule has 0 amide bonds. The number of rotatable bonds is 2. The number of azo groups is 1. The van der Waals surface area contributed by atoms with Gasteiger partial charge in [0.05, 0.1) is 0 Å². The van der Waals surface area contributed by atoms with E-state index in [0.29, 0.717) is 11.6 Å².